The minimum Gasteiger partial charge on any atom is -0.348 e. The topological polar surface area (TPSA) is 75.3 Å². The van der Waals surface area contributed by atoms with Crippen molar-refractivity contribution in [2.75, 3.05) is 0 Å². The molecule has 2 N–H and O–H groups in total. The minimum absolute atomic E-state index is 0.0908. The van der Waals surface area contributed by atoms with Crippen molar-refractivity contribution in [2.45, 2.75) is 30.3 Å². The summed E-state index contributed by atoms with van der Waals surface area (Å²) in [5.41, 5.74) is 1.31. The van der Waals surface area contributed by atoms with E-state index >= 15 is 0 Å². The molecule has 0 aromatic heterocycles. The molecule has 0 unspecified atom stereocenters. The van der Waals surface area contributed by atoms with Crippen molar-refractivity contribution < 1.29 is 13.2 Å². The van der Waals surface area contributed by atoms with Crippen LogP contribution in [0.2, 0.25) is 0 Å². The lowest BCUT2D eigenvalue weighted by molar-refractivity contribution is 0.0965. The van der Waals surface area contributed by atoms with E-state index in [-0.39, 0.29) is 16.8 Å². The van der Waals surface area contributed by atoms with Gasteiger partial charge in [-0.2, -0.15) is 0 Å². The zero-order valence-electron chi connectivity index (χ0n) is 9.06. The van der Waals surface area contributed by atoms with Crippen molar-refractivity contribution in [1.29, 1.82) is 0 Å². The number of amides is 1. The summed E-state index contributed by atoms with van der Waals surface area (Å²) >= 11 is 0. The van der Waals surface area contributed by atoms with E-state index in [4.69, 9.17) is 0 Å². The predicted octanol–water partition coefficient (Wildman–Crippen LogP) is 0.371. The minimum atomic E-state index is -3.43. The van der Waals surface area contributed by atoms with Gasteiger partial charge < -0.3 is 5.32 Å². The number of carbonyl (C=O) groups is 1. The van der Waals surface area contributed by atoms with Crippen LogP contribution in [0.5, 0.6) is 0 Å². The standard InChI is InChI=1S/C11H12N2O3S/c14-11-10-4-3-9(5-7(10)6-12-11)17(15,16)13-8-1-2-8/h3-5,8,13H,1-2,6H2,(H,12,14). The number of carbonyl (C=O) groups excluding carboxylic acids is 1. The molecule has 1 aliphatic carbocycles. The molecule has 0 radical (unpaired) electrons. The van der Waals surface area contributed by atoms with E-state index in [2.05, 4.69) is 10.0 Å². The highest BCUT2D eigenvalue weighted by atomic mass is 32.2. The van der Waals surface area contributed by atoms with E-state index in [1.165, 1.54) is 6.07 Å². The number of sulfonamides is 1. The van der Waals surface area contributed by atoms with Crippen LogP contribution < -0.4 is 10.0 Å². The first-order valence-electron chi connectivity index (χ1n) is 5.50. The Morgan fingerprint density at radius 1 is 1.29 bits per heavy atom. The van der Waals surface area contributed by atoms with Crippen molar-refractivity contribution in [1.82, 2.24) is 10.0 Å². The highest BCUT2D eigenvalue weighted by molar-refractivity contribution is 7.89. The Kier molecular flexibility index (Phi) is 2.24. The van der Waals surface area contributed by atoms with E-state index in [0.29, 0.717) is 12.1 Å². The highest BCUT2D eigenvalue weighted by Gasteiger charge is 2.29. The van der Waals surface area contributed by atoms with E-state index < -0.39 is 10.0 Å². The zero-order chi connectivity index (χ0) is 12.0. The van der Waals surface area contributed by atoms with Crippen LogP contribution in [-0.4, -0.2) is 20.4 Å². The maximum absolute atomic E-state index is 11.9. The molecule has 5 nitrogen and oxygen atoms in total. The van der Waals surface area contributed by atoms with Crippen LogP contribution >= 0.6 is 0 Å². The highest BCUT2D eigenvalue weighted by Crippen LogP contribution is 2.24. The number of hydrogen-bond donors (Lipinski definition) is 2. The first kappa shape index (κ1) is 10.7. The van der Waals surface area contributed by atoms with Gasteiger partial charge in [-0.3, -0.25) is 4.79 Å². The molecule has 1 fully saturated rings. The lowest BCUT2D eigenvalue weighted by atomic mass is 10.1. The Hall–Kier alpha value is -1.40. The monoisotopic (exact) mass is 252 g/mol. The molecule has 0 saturated heterocycles. The molecule has 3 rings (SSSR count). The molecule has 0 spiro atoms. The molecule has 1 amide bonds. The molecule has 1 aromatic carbocycles. The van der Waals surface area contributed by atoms with Crippen molar-refractivity contribution in [2.24, 2.45) is 0 Å². The summed E-state index contributed by atoms with van der Waals surface area (Å²) in [6, 6.07) is 4.71. The Morgan fingerprint density at radius 3 is 2.76 bits per heavy atom. The summed E-state index contributed by atoms with van der Waals surface area (Å²) in [6.07, 6.45) is 1.81. The molecular formula is C11H12N2O3S. The van der Waals surface area contributed by atoms with Gasteiger partial charge in [0.15, 0.2) is 0 Å². The average molecular weight is 252 g/mol. The third-order valence-electron chi connectivity index (χ3n) is 2.97. The molecule has 90 valence electrons. The van der Waals surface area contributed by atoms with Gasteiger partial charge in [0.25, 0.3) is 5.91 Å². The van der Waals surface area contributed by atoms with Gasteiger partial charge in [-0.15, -0.1) is 0 Å². The average Bonchev–Trinajstić information content (AvgIpc) is 3.01. The van der Waals surface area contributed by atoms with Gasteiger partial charge in [0, 0.05) is 18.2 Å². The smallest absolute Gasteiger partial charge is 0.251 e. The van der Waals surface area contributed by atoms with E-state index in [1.807, 2.05) is 0 Å². The second-order valence-electron chi connectivity index (χ2n) is 4.40. The van der Waals surface area contributed by atoms with Crippen LogP contribution in [0.15, 0.2) is 23.1 Å². The Bertz CT molecular complexity index is 591. The summed E-state index contributed by atoms with van der Waals surface area (Å²) in [4.78, 5) is 11.6. The Balaban J connectivity index is 1.96. The quantitative estimate of drug-likeness (QED) is 0.816. The fourth-order valence-electron chi connectivity index (χ4n) is 1.86. The largest absolute Gasteiger partial charge is 0.348 e. The second kappa shape index (κ2) is 3.54. The van der Waals surface area contributed by atoms with Crippen LogP contribution in [0.25, 0.3) is 0 Å². The maximum atomic E-state index is 11.9. The molecule has 0 bridgehead atoms. The molecular weight excluding hydrogens is 240 g/mol. The first-order valence-corrected chi connectivity index (χ1v) is 6.98. The summed E-state index contributed by atoms with van der Waals surface area (Å²) in [5, 5.41) is 2.66. The van der Waals surface area contributed by atoms with Crippen molar-refractivity contribution in [3.63, 3.8) is 0 Å². The molecule has 1 heterocycles. The van der Waals surface area contributed by atoms with Crippen molar-refractivity contribution >= 4 is 15.9 Å². The number of nitrogens with one attached hydrogen (secondary N) is 2. The van der Waals surface area contributed by atoms with E-state index in [9.17, 15) is 13.2 Å². The van der Waals surface area contributed by atoms with Crippen LogP contribution in [-0.2, 0) is 16.6 Å². The fraction of sp³-hybridized carbons (Fsp3) is 0.364. The normalized spacial score (nSPS) is 18.9. The molecule has 2 aliphatic rings. The third kappa shape index (κ3) is 1.94. The summed E-state index contributed by atoms with van der Waals surface area (Å²) < 4.78 is 26.5. The second-order valence-corrected chi connectivity index (χ2v) is 6.11. The van der Waals surface area contributed by atoms with Gasteiger partial charge >= 0.3 is 0 Å². The van der Waals surface area contributed by atoms with Crippen LogP contribution in [0.1, 0.15) is 28.8 Å². The molecule has 0 atom stereocenters. The number of hydrogen-bond acceptors (Lipinski definition) is 3. The van der Waals surface area contributed by atoms with Gasteiger partial charge in [0.1, 0.15) is 0 Å². The Labute approximate surface area is 99.3 Å². The summed E-state index contributed by atoms with van der Waals surface area (Å²) in [6.45, 7) is 0.404. The van der Waals surface area contributed by atoms with E-state index in [0.717, 1.165) is 18.4 Å². The lowest BCUT2D eigenvalue weighted by Crippen LogP contribution is -2.25. The zero-order valence-corrected chi connectivity index (χ0v) is 9.88. The first-order chi connectivity index (χ1) is 8.06. The van der Waals surface area contributed by atoms with E-state index in [1.54, 1.807) is 12.1 Å². The molecule has 6 heteroatoms. The van der Waals surface area contributed by atoms with Crippen LogP contribution in [0.3, 0.4) is 0 Å². The maximum Gasteiger partial charge on any atom is 0.251 e. The number of rotatable bonds is 3. The predicted molar refractivity (Wildman–Crippen MR) is 61.0 cm³/mol. The summed E-state index contributed by atoms with van der Waals surface area (Å²) in [7, 11) is -3.43. The number of fused-ring (bicyclic) bond motifs is 1. The van der Waals surface area contributed by atoms with Crippen LogP contribution in [0.4, 0.5) is 0 Å². The molecule has 1 aromatic rings. The van der Waals surface area contributed by atoms with Gasteiger partial charge in [-0.1, -0.05) is 0 Å². The third-order valence-corrected chi connectivity index (χ3v) is 4.49. The molecule has 1 aliphatic heterocycles. The molecule has 1 saturated carbocycles. The number of benzene rings is 1. The molecule has 17 heavy (non-hydrogen) atoms. The van der Waals surface area contributed by atoms with Gasteiger partial charge in [-0.05, 0) is 36.6 Å². The fourth-order valence-corrected chi connectivity index (χ4v) is 3.22. The van der Waals surface area contributed by atoms with Crippen molar-refractivity contribution in [3.8, 4) is 0 Å². The van der Waals surface area contributed by atoms with Gasteiger partial charge in [0.2, 0.25) is 10.0 Å². The lowest BCUT2D eigenvalue weighted by Gasteiger charge is -2.06. The van der Waals surface area contributed by atoms with Crippen molar-refractivity contribution in [3.05, 3.63) is 29.3 Å². The van der Waals surface area contributed by atoms with Gasteiger partial charge in [-0.25, -0.2) is 13.1 Å². The van der Waals surface area contributed by atoms with Crippen LogP contribution in [0, 0.1) is 0 Å². The SMILES string of the molecule is O=C1NCc2cc(S(=O)(=O)NC3CC3)ccc21. The summed E-state index contributed by atoms with van der Waals surface area (Å²) in [5.74, 6) is -0.140. The van der Waals surface area contributed by atoms with Gasteiger partial charge in [0.05, 0.1) is 4.90 Å². The Morgan fingerprint density at radius 2 is 2.06 bits per heavy atom.